The highest BCUT2D eigenvalue weighted by Gasteiger charge is 2.34. The van der Waals surface area contributed by atoms with Gasteiger partial charge < -0.3 is 10.5 Å². The third-order valence-electron chi connectivity index (χ3n) is 5.70. The number of ether oxygens (including phenoxy) is 1. The highest BCUT2D eigenvalue weighted by Crippen LogP contribution is 2.35. The normalized spacial score (nSPS) is 21.6. The molecule has 2 N–H and O–H groups in total. The number of halogens is 2. The van der Waals surface area contributed by atoms with Gasteiger partial charge in [-0.15, -0.1) is 17.5 Å². The van der Waals surface area contributed by atoms with Gasteiger partial charge in [0, 0.05) is 17.5 Å². The summed E-state index contributed by atoms with van der Waals surface area (Å²) in [5, 5.41) is 13.2. The van der Waals surface area contributed by atoms with Crippen LogP contribution in [0.15, 0.2) is 24.3 Å². The van der Waals surface area contributed by atoms with Gasteiger partial charge in [-0.2, -0.15) is 0 Å². The van der Waals surface area contributed by atoms with Gasteiger partial charge in [0.2, 0.25) is 5.91 Å². The average Bonchev–Trinajstić information content (AvgIpc) is 3.37. The Kier molecular flexibility index (Phi) is 7.45. The quantitative estimate of drug-likeness (QED) is 0.738. The third kappa shape index (κ3) is 4.88. The summed E-state index contributed by atoms with van der Waals surface area (Å²) in [5.41, 5.74) is 6.47. The highest BCUT2D eigenvalue weighted by atomic mass is 35.5. The lowest BCUT2D eigenvalue weighted by Crippen LogP contribution is -2.41. The summed E-state index contributed by atoms with van der Waals surface area (Å²) in [6.07, 6.45) is 3.67. The van der Waals surface area contributed by atoms with Gasteiger partial charge >= 0.3 is 0 Å². The van der Waals surface area contributed by atoms with E-state index < -0.39 is 0 Å². The molecular weight excluding hydrogens is 415 g/mol. The number of nitrogens with two attached hydrogens (primary N) is 1. The second kappa shape index (κ2) is 9.84. The van der Waals surface area contributed by atoms with Gasteiger partial charge in [-0.25, -0.2) is 4.68 Å². The van der Waals surface area contributed by atoms with Crippen molar-refractivity contribution in [1.82, 2.24) is 25.1 Å². The standard InChI is InChI=1S/C19H25ClN6O2.ClH/c20-16-6-2-1-5-15(16)17(25-9-7-13(8-10-25)18(21)27)19-22-23-24-26(19)12-14-4-3-11-28-14;/h1-2,5-6,13-14,17H,3-4,7-12H2,(H2,21,27);1H. The van der Waals surface area contributed by atoms with Gasteiger partial charge in [-0.3, -0.25) is 9.69 Å². The zero-order valence-corrected chi connectivity index (χ0v) is 17.7. The summed E-state index contributed by atoms with van der Waals surface area (Å²) in [6, 6.07) is 7.60. The van der Waals surface area contributed by atoms with E-state index in [1.807, 2.05) is 28.9 Å². The molecule has 1 aromatic carbocycles. The number of piperidine rings is 1. The maximum absolute atomic E-state index is 11.6. The van der Waals surface area contributed by atoms with E-state index in [2.05, 4.69) is 20.4 Å². The molecule has 4 rings (SSSR count). The second-order valence-corrected chi connectivity index (χ2v) is 7.90. The Labute approximate surface area is 181 Å². The van der Waals surface area contributed by atoms with Crippen molar-refractivity contribution in [2.45, 2.75) is 44.4 Å². The van der Waals surface area contributed by atoms with Crippen LogP contribution >= 0.6 is 24.0 Å². The number of rotatable bonds is 6. The van der Waals surface area contributed by atoms with Gasteiger partial charge in [0.05, 0.1) is 18.7 Å². The number of hydrogen-bond donors (Lipinski definition) is 1. The molecule has 8 nitrogen and oxygen atoms in total. The predicted molar refractivity (Wildman–Crippen MR) is 111 cm³/mol. The van der Waals surface area contributed by atoms with E-state index in [0.717, 1.165) is 56.8 Å². The number of hydrogen-bond acceptors (Lipinski definition) is 6. The Hall–Kier alpha value is -1.74. The minimum atomic E-state index is -0.225. The third-order valence-corrected chi connectivity index (χ3v) is 6.05. The number of aromatic nitrogens is 4. The van der Waals surface area contributed by atoms with Crippen LogP contribution in [0.25, 0.3) is 0 Å². The van der Waals surface area contributed by atoms with Crippen molar-refractivity contribution in [3.8, 4) is 0 Å². The summed E-state index contributed by atoms with van der Waals surface area (Å²) >= 11 is 6.55. The Morgan fingerprint density at radius 2 is 2.03 bits per heavy atom. The van der Waals surface area contributed by atoms with Crippen LogP contribution in [-0.4, -0.2) is 56.8 Å². The maximum Gasteiger partial charge on any atom is 0.220 e. The minimum absolute atomic E-state index is 0. The van der Waals surface area contributed by atoms with Crippen LogP contribution < -0.4 is 5.73 Å². The summed E-state index contributed by atoms with van der Waals surface area (Å²) in [4.78, 5) is 13.9. The van der Waals surface area contributed by atoms with E-state index in [1.54, 1.807) is 0 Å². The van der Waals surface area contributed by atoms with Crippen molar-refractivity contribution in [3.63, 3.8) is 0 Å². The van der Waals surface area contributed by atoms with Crippen LogP contribution in [0.4, 0.5) is 0 Å². The molecule has 1 amide bonds. The topological polar surface area (TPSA) is 99.2 Å². The van der Waals surface area contributed by atoms with Crippen molar-refractivity contribution in [3.05, 3.63) is 40.7 Å². The van der Waals surface area contributed by atoms with E-state index in [-0.39, 0.29) is 36.4 Å². The van der Waals surface area contributed by atoms with Crippen LogP contribution in [0.5, 0.6) is 0 Å². The van der Waals surface area contributed by atoms with Crippen molar-refractivity contribution in [1.29, 1.82) is 0 Å². The second-order valence-electron chi connectivity index (χ2n) is 7.49. The largest absolute Gasteiger partial charge is 0.376 e. The Morgan fingerprint density at radius 3 is 2.69 bits per heavy atom. The predicted octanol–water partition coefficient (Wildman–Crippen LogP) is 2.21. The van der Waals surface area contributed by atoms with Crippen LogP contribution in [-0.2, 0) is 16.1 Å². The molecule has 2 atom stereocenters. The van der Waals surface area contributed by atoms with Crippen molar-refractivity contribution in [2.75, 3.05) is 19.7 Å². The van der Waals surface area contributed by atoms with Gasteiger partial charge in [0.25, 0.3) is 0 Å². The molecule has 10 heteroatoms. The van der Waals surface area contributed by atoms with Gasteiger partial charge in [0.1, 0.15) is 0 Å². The number of tetrazole rings is 1. The summed E-state index contributed by atoms with van der Waals surface area (Å²) in [5.74, 6) is 0.448. The first-order valence-electron chi connectivity index (χ1n) is 9.79. The molecule has 2 unspecified atom stereocenters. The SMILES string of the molecule is Cl.NC(=O)C1CCN(C(c2ccccc2Cl)c2nnnn2CC2CCCO2)CC1. The fourth-order valence-electron chi connectivity index (χ4n) is 4.16. The molecule has 0 aliphatic carbocycles. The number of carbonyl (C=O) groups excluding carboxylic acids is 1. The monoisotopic (exact) mass is 440 g/mol. The molecule has 2 aliphatic rings. The van der Waals surface area contributed by atoms with E-state index in [9.17, 15) is 4.79 Å². The number of carbonyl (C=O) groups is 1. The molecule has 0 radical (unpaired) electrons. The van der Waals surface area contributed by atoms with Gasteiger partial charge in [0.15, 0.2) is 5.82 Å². The number of likely N-dealkylation sites (tertiary alicyclic amines) is 1. The molecule has 0 spiro atoms. The molecule has 158 valence electrons. The first-order valence-corrected chi connectivity index (χ1v) is 10.2. The number of nitrogens with zero attached hydrogens (tertiary/aromatic N) is 5. The van der Waals surface area contributed by atoms with Crippen LogP contribution in [0.3, 0.4) is 0 Å². The van der Waals surface area contributed by atoms with Crippen molar-refractivity contribution >= 4 is 29.9 Å². The smallest absolute Gasteiger partial charge is 0.220 e. The first-order chi connectivity index (χ1) is 13.6. The van der Waals surface area contributed by atoms with E-state index >= 15 is 0 Å². The van der Waals surface area contributed by atoms with Crippen molar-refractivity contribution in [2.24, 2.45) is 11.7 Å². The lowest BCUT2D eigenvalue weighted by molar-refractivity contribution is -0.123. The Balaban J connectivity index is 0.00000240. The number of primary amides is 1. The number of benzene rings is 1. The molecule has 1 aromatic heterocycles. The highest BCUT2D eigenvalue weighted by molar-refractivity contribution is 6.31. The molecule has 2 aromatic rings. The van der Waals surface area contributed by atoms with Crippen molar-refractivity contribution < 1.29 is 9.53 Å². The average molecular weight is 441 g/mol. The van der Waals surface area contributed by atoms with Gasteiger partial charge in [-0.1, -0.05) is 29.8 Å². The molecule has 2 saturated heterocycles. The summed E-state index contributed by atoms with van der Waals surface area (Å²) in [6.45, 7) is 2.88. The fraction of sp³-hybridized carbons (Fsp3) is 0.579. The molecule has 0 saturated carbocycles. The van der Waals surface area contributed by atoms with Crippen LogP contribution in [0.2, 0.25) is 5.02 Å². The maximum atomic E-state index is 11.6. The van der Waals surface area contributed by atoms with Crippen LogP contribution in [0, 0.1) is 5.92 Å². The van der Waals surface area contributed by atoms with Crippen LogP contribution in [0.1, 0.15) is 43.1 Å². The zero-order valence-electron chi connectivity index (χ0n) is 16.1. The lowest BCUT2D eigenvalue weighted by Gasteiger charge is -2.36. The van der Waals surface area contributed by atoms with E-state index in [4.69, 9.17) is 22.1 Å². The molecule has 2 fully saturated rings. The lowest BCUT2D eigenvalue weighted by atomic mass is 9.93. The minimum Gasteiger partial charge on any atom is -0.376 e. The Morgan fingerprint density at radius 1 is 1.28 bits per heavy atom. The molecule has 29 heavy (non-hydrogen) atoms. The Bertz CT molecular complexity index is 819. The molecular formula is C19H26Cl2N6O2. The summed E-state index contributed by atoms with van der Waals surface area (Å²) < 4.78 is 7.61. The molecule has 2 aliphatic heterocycles. The fourth-order valence-corrected chi connectivity index (χ4v) is 4.40. The first kappa shape index (κ1) is 22.0. The summed E-state index contributed by atoms with van der Waals surface area (Å²) in [7, 11) is 0. The number of amides is 1. The zero-order chi connectivity index (χ0) is 19.5. The molecule has 0 bridgehead atoms. The van der Waals surface area contributed by atoms with Gasteiger partial charge in [-0.05, 0) is 60.8 Å². The van der Waals surface area contributed by atoms with E-state index in [1.165, 1.54) is 0 Å². The van der Waals surface area contributed by atoms with E-state index in [0.29, 0.717) is 11.6 Å². The molecule has 3 heterocycles.